The quantitative estimate of drug-likeness (QED) is 0.426. The minimum Gasteiger partial charge on any atom is -0.462 e. The highest BCUT2D eigenvalue weighted by Crippen LogP contribution is 2.44. The van der Waals surface area contributed by atoms with Crippen LogP contribution in [0.2, 0.25) is 0 Å². The minimum atomic E-state index is -4.52. The summed E-state index contributed by atoms with van der Waals surface area (Å²) in [6, 6.07) is 2.06. The standard InChI is InChI=1S/C29H35F3N8O/c1-18-12-23-22(14-34-37-23)26(25(18)29(30,31)32)39-11-8-21-24(16-39)35-28(41-17-20-7-5-9-38(20)3)36-27(21)40-10-4-6-19(15-40)13-33-2/h12,14,19-20H,4-11,13,15-17H2,1,3H3,(H,34,37)/t19-,20-/m0/s1. The first-order valence-electron chi connectivity index (χ1n) is 14.3. The lowest BCUT2D eigenvalue weighted by atomic mass is 9.96. The maximum atomic E-state index is 14.4. The molecule has 12 heteroatoms. The van der Waals surface area contributed by atoms with Gasteiger partial charge in [0.25, 0.3) is 0 Å². The van der Waals surface area contributed by atoms with Crippen LogP contribution in [-0.4, -0.2) is 77.5 Å². The Morgan fingerprint density at radius 3 is 2.73 bits per heavy atom. The van der Waals surface area contributed by atoms with Crippen molar-refractivity contribution in [2.45, 2.75) is 57.8 Å². The van der Waals surface area contributed by atoms with Gasteiger partial charge < -0.3 is 24.3 Å². The smallest absolute Gasteiger partial charge is 0.418 e. The van der Waals surface area contributed by atoms with E-state index in [0.717, 1.165) is 56.7 Å². The Hall–Kier alpha value is -3.59. The summed E-state index contributed by atoms with van der Waals surface area (Å²) in [5.41, 5.74) is 1.88. The highest BCUT2D eigenvalue weighted by Gasteiger charge is 2.39. The van der Waals surface area contributed by atoms with E-state index < -0.39 is 11.7 Å². The average molecular weight is 569 g/mol. The molecule has 0 unspecified atom stereocenters. The van der Waals surface area contributed by atoms with Crippen molar-refractivity contribution in [1.29, 1.82) is 0 Å². The van der Waals surface area contributed by atoms with E-state index in [-0.39, 0.29) is 35.8 Å². The number of hydrogen-bond acceptors (Lipinski definition) is 7. The normalized spacial score (nSPS) is 21.8. The largest absolute Gasteiger partial charge is 0.462 e. The third-order valence-corrected chi connectivity index (χ3v) is 8.78. The summed E-state index contributed by atoms with van der Waals surface area (Å²) in [6.45, 7) is 12.9. The van der Waals surface area contributed by atoms with Crippen molar-refractivity contribution in [2.75, 3.05) is 56.2 Å². The molecule has 2 atom stereocenters. The monoisotopic (exact) mass is 568 g/mol. The zero-order valence-electron chi connectivity index (χ0n) is 23.5. The summed E-state index contributed by atoms with van der Waals surface area (Å²) in [5, 5.41) is 7.33. The first kappa shape index (κ1) is 27.6. The van der Waals surface area contributed by atoms with Crippen molar-refractivity contribution in [3.05, 3.63) is 46.1 Å². The molecule has 3 aliphatic heterocycles. The van der Waals surface area contributed by atoms with Crippen LogP contribution in [0.5, 0.6) is 6.01 Å². The summed E-state index contributed by atoms with van der Waals surface area (Å²) in [6.07, 6.45) is 1.59. The first-order valence-corrected chi connectivity index (χ1v) is 14.3. The third-order valence-electron chi connectivity index (χ3n) is 8.78. The molecule has 5 heterocycles. The number of halogens is 3. The number of hydrogen-bond donors (Lipinski definition) is 1. The van der Waals surface area contributed by atoms with Crippen LogP contribution in [0.3, 0.4) is 0 Å². The predicted molar refractivity (Wildman–Crippen MR) is 150 cm³/mol. The molecule has 2 saturated heterocycles. The Balaban J connectivity index is 1.38. The van der Waals surface area contributed by atoms with E-state index in [0.29, 0.717) is 42.7 Å². The predicted octanol–water partition coefficient (Wildman–Crippen LogP) is 4.85. The first-order chi connectivity index (χ1) is 19.7. The van der Waals surface area contributed by atoms with Crippen LogP contribution in [0, 0.1) is 19.4 Å². The van der Waals surface area contributed by atoms with E-state index in [9.17, 15) is 13.2 Å². The SMILES string of the molecule is [C-]#[N+]C[C@@H]1CCCN(c2nc(OC[C@@H]3CCCN3C)nc3c2CCN(c2c(C(F)(F)F)c(C)cc4[nH]ncc24)C3)C1. The molecule has 3 aromatic rings. The second kappa shape index (κ2) is 11.0. The highest BCUT2D eigenvalue weighted by molar-refractivity contribution is 5.95. The Bertz CT molecular complexity index is 1460. The highest BCUT2D eigenvalue weighted by atomic mass is 19.4. The molecule has 1 aromatic carbocycles. The van der Waals surface area contributed by atoms with Gasteiger partial charge in [-0.2, -0.15) is 28.2 Å². The molecule has 0 bridgehead atoms. The van der Waals surface area contributed by atoms with E-state index in [1.807, 2.05) is 0 Å². The molecule has 2 fully saturated rings. The Morgan fingerprint density at radius 1 is 1.15 bits per heavy atom. The van der Waals surface area contributed by atoms with Crippen molar-refractivity contribution in [3.8, 4) is 6.01 Å². The molecule has 218 valence electrons. The van der Waals surface area contributed by atoms with Gasteiger partial charge in [0, 0.05) is 42.5 Å². The van der Waals surface area contributed by atoms with Crippen molar-refractivity contribution in [1.82, 2.24) is 25.1 Å². The summed E-state index contributed by atoms with van der Waals surface area (Å²) >= 11 is 0. The van der Waals surface area contributed by atoms with Crippen LogP contribution in [0.1, 0.15) is 48.1 Å². The minimum absolute atomic E-state index is 0.136. The fourth-order valence-electron chi connectivity index (χ4n) is 6.69. The third kappa shape index (κ3) is 5.39. The number of rotatable bonds is 6. The number of likely N-dealkylation sites (N-methyl/N-ethyl adjacent to an activating group) is 1. The average Bonchev–Trinajstić information content (AvgIpc) is 3.58. The topological polar surface area (TPSA) is 77.8 Å². The fraction of sp³-hybridized carbons (Fsp3) is 0.586. The van der Waals surface area contributed by atoms with Crippen LogP contribution in [0.4, 0.5) is 24.7 Å². The number of alkyl halides is 3. The van der Waals surface area contributed by atoms with Crippen LogP contribution < -0.4 is 14.5 Å². The lowest BCUT2D eigenvalue weighted by molar-refractivity contribution is -0.137. The van der Waals surface area contributed by atoms with Gasteiger partial charge in [0.15, 0.2) is 0 Å². The number of anilines is 2. The molecular formula is C29H35F3N8O. The molecule has 0 radical (unpaired) electrons. The summed E-state index contributed by atoms with van der Waals surface area (Å²) in [4.78, 5) is 19.6. The van der Waals surface area contributed by atoms with Crippen LogP contribution in [-0.2, 0) is 19.1 Å². The van der Waals surface area contributed by atoms with E-state index >= 15 is 0 Å². The van der Waals surface area contributed by atoms with Gasteiger partial charge in [0.1, 0.15) is 12.4 Å². The molecule has 0 aliphatic carbocycles. The summed E-state index contributed by atoms with van der Waals surface area (Å²) < 4.78 is 49.4. The second-order valence-corrected chi connectivity index (χ2v) is 11.6. The van der Waals surface area contributed by atoms with Gasteiger partial charge in [-0.3, -0.25) is 5.10 Å². The molecule has 41 heavy (non-hydrogen) atoms. The van der Waals surface area contributed by atoms with Crippen LogP contribution in [0.15, 0.2) is 12.3 Å². The Kier molecular flexibility index (Phi) is 7.40. The van der Waals surface area contributed by atoms with Crippen molar-refractivity contribution in [3.63, 3.8) is 0 Å². The zero-order valence-corrected chi connectivity index (χ0v) is 23.5. The van der Waals surface area contributed by atoms with Gasteiger partial charge in [0.05, 0.1) is 35.2 Å². The van der Waals surface area contributed by atoms with E-state index in [1.165, 1.54) is 19.2 Å². The molecule has 0 saturated carbocycles. The summed E-state index contributed by atoms with van der Waals surface area (Å²) in [5.74, 6) is 1.06. The molecular weight excluding hydrogens is 533 g/mol. The number of likely N-dealkylation sites (tertiary alicyclic amines) is 1. The van der Waals surface area contributed by atoms with Crippen LogP contribution in [0.25, 0.3) is 15.7 Å². The van der Waals surface area contributed by atoms with Crippen molar-refractivity contribution >= 4 is 22.4 Å². The summed E-state index contributed by atoms with van der Waals surface area (Å²) in [7, 11) is 2.08. The number of H-pyrrole nitrogens is 1. The number of aromatic amines is 1. The van der Waals surface area contributed by atoms with Gasteiger partial charge in [-0.1, -0.05) is 0 Å². The molecule has 3 aliphatic rings. The second-order valence-electron chi connectivity index (χ2n) is 11.6. The number of aryl methyl sites for hydroxylation is 1. The van der Waals surface area contributed by atoms with Crippen LogP contribution >= 0.6 is 0 Å². The Morgan fingerprint density at radius 2 is 1.98 bits per heavy atom. The lowest BCUT2D eigenvalue weighted by Gasteiger charge is -2.37. The van der Waals surface area contributed by atoms with Gasteiger partial charge in [-0.05, 0) is 64.3 Å². The van der Waals surface area contributed by atoms with Crippen molar-refractivity contribution < 1.29 is 17.9 Å². The lowest BCUT2D eigenvalue weighted by Crippen LogP contribution is -2.40. The van der Waals surface area contributed by atoms with Gasteiger partial charge >= 0.3 is 12.2 Å². The molecule has 1 N–H and O–H groups in total. The molecule has 0 spiro atoms. The number of aromatic nitrogens is 4. The maximum Gasteiger partial charge on any atom is 0.418 e. The molecule has 9 nitrogen and oxygen atoms in total. The number of ether oxygens (including phenoxy) is 1. The molecule has 6 rings (SSSR count). The fourth-order valence-corrected chi connectivity index (χ4v) is 6.69. The molecule has 2 aromatic heterocycles. The van der Waals surface area contributed by atoms with Gasteiger partial charge in [0.2, 0.25) is 6.54 Å². The van der Waals surface area contributed by atoms with E-state index in [4.69, 9.17) is 21.3 Å². The maximum absolute atomic E-state index is 14.4. The van der Waals surface area contributed by atoms with Crippen molar-refractivity contribution in [2.24, 2.45) is 5.92 Å². The number of benzene rings is 1. The number of piperidine rings is 1. The van der Waals surface area contributed by atoms with E-state index in [2.05, 4.69) is 31.9 Å². The molecule has 0 amide bonds. The number of fused-ring (bicyclic) bond motifs is 2. The van der Waals surface area contributed by atoms with Gasteiger partial charge in [-0.25, -0.2) is 6.57 Å². The van der Waals surface area contributed by atoms with Gasteiger partial charge in [-0.15, -0.1) is 0 Å². The number of nitrogens with one attached hydrogen (secondary N) is 1. The van der Waals surface area contributed by atoms with E-state index in [1.54, 1.807) is 4.90 Å². The zero-order chi connectivity index (χ0) is 28.7. The number of nitrogens with zero attached hydrogens (tertiary/aromatic N) is 7. The Labute approximate surface area is 237 Å².